The molecule has 0 aliphatic heterocycles. The van der Waals surface area contributed by atoms with Gasteiger partial charge in [0.1, 0.15) is 0 Å². The lowest BCUT2D eigenvalue weighted by atomic mass is 10.2. The van der Waals surface area contributed by atoms with Crippen LogP contribution in [0.5, 0.6) is 0 Å². The number of hydrogen-bond donors (Lipinski definition) is 1. The van der Waals surface area contributed by atoms with Crippen LogP contribution >= 0.6 is 23.2 Å². The molecule has 0 bridgehead atoms. The van der Waals surface area contributed by atoms with Crippen LogP contribution in [0.25, 0.3) is 0 Å². The molecular formula is C7H4Cl2N2O3. The summed E-state index contributed by atoms with van der Waals surface area (Å²) in [5.74, 6) is 0. The molecule has 74 valence electrons. The van der Waals surface area contributed by atoms with Gasteiger partial charge in [-0.25, -0.2) is 0 Å². The molecule has 14 heavy (non-hydrogen) atoms. The molecule has 1 aromatic carbocycles. The summed E-state index contributed by atoms with van der Waals surface area (Å²) in [5.41, 5.74) is -0.288. The fourth-order valence-electron chi connectivity index (χ4n) is 0.887. The van der Waals surface area contributed by atoms with E-state index in [4.69, 9.17) is 28.4 Å². The van der Waals surface area contributed by atoms with Crippen molar-refractivity contribution < 1.29 is 10.1 Å². The van der Waals surface area contributed by atoms with Crippen LogP contribution in [-0.4, -0.2) is 15.3 Å². The quantitative estimate of drug-likeness (QED) is 0.370. The lowest BCUT2D eigenvalue weighted by Crippen LogP contribution is -1.99. The summed E-state index contributed by atoms with van der Waals surface area (Å²) in [6.45, 7) is 0. The largest absolute Gasteiger partial charge is 0.410 e. The molecule has 0 aliphatic rings. The molecule has 0 fully saturated rings. The highest BCUT2D eigenvalue weighted by Crippen LogP contribution is 2.24. The van der Waals surface area contributed by atoms with Gasteiger partial charge in [0.15, 0.2) is 5.17 Å². The first-order valence-electron chi connectivity index (χ1n) is 3.38. The summed E-state index contributed by atoms with van der Waals surface area (Å²) in [4.78, 5) is 9.88. The third kappa shape index (κ3) is 2.12. The summed E-state index contributed by atoms with van der Waals surface area (Å²) in [6.07, 6.45) is 0. The van der Waals surface area contributed by atoms with Crippen molar-refractivity contribution in [3.05, 3.63) is 38.9 Å². The van der Waals surface area contributed by atoms with Gasteiger partial charge in [0.2, 0.25) is 0 Å². The lowest BCUT2D eigenvalue weighted by molar-refractivity contribution is -0.385. The number of nitro benzene ring substituents is 1. The first kappa shape index (κ1) is 10.7. The molecule has 0 saturated carbocycles. The second-order valence-electron chi connectivity index (χ2n) is 2.31. The third-order valence-corrected chi connectivity index (χ3v) is 1.98. The highest BCUT2D eigenvalue weighted by Gasteiger charge is 2.17. The van der Waals surface area contributed by atoms with E-state index in [1.807, 2.05) is 0 Å². The monoisotopic (exact) mass is 234 g/mol. The van der Waals surface area contributed by atoms with Crippen molar-refractivity contribution in [3.63, 3.8) is 0 Å². The maximum Gasteiger partial charge on any atom is 0.279 e. The van der Waals surface area contributed by atoms with Gasteiger partial charge in [-0.2, -0.15) is 0 Å². The van der Waals surface area contributed by atoms with Gasteiger partial charge in [0, 0.05) is 11.1 Å². The van der Waals surface area contributed by atoms with Crippen LogP contribution in [0, 0.1) is 10.1 Å². The van der Waals surface area contributed by atoms with Crippen LogP contribution in [-0.2, 0) is 0 Å². The Hall–Kier alpha value is -1.33. The Morgan fingerprint density at radius 1 is 1.57 bits per heavy atom. The maximum atomic E-state index is 10.5. The van der Waals surface area contributed by atoms with E-state index in [-0.39, 0.29) is 21.4 Å². The van der Waals surface area contributed by atoms with Crippen molar-refractivity contribution in [2.24, 2.45) is 5.16 Å². The number of hydrogen-bond acceptors (Lipinski definition) is 4. The first-order chi connectivity index (χ1) is 6.56. The van der Waals surface area contributed by atoms with Crippen molar-refractivity contribution >= 4 is 34.1 Å². The van der Waals surface area contributed by atoms with Crippen LogP contribution < -0.4 is 0 Å². The summed E-state index contributed by atoms with van der Waals surface area (Å²) >= 11 is 11.1. The third-order valence-electron chi connectivity index (χ3n) is 1.47. The topological polar surface area (TPSA) is 75.7 Å². The van der Waals surface area contributed by atoms with E-state index in [1.165, 1.54) is 18.2 Å². The Bertz CT molecular complexity index is 406. The standard InChI is InChI=1S/C7H4Cl2N2O3/c8-4-1-2-6(11(13)14)5(3-4)7(9)10-12/h1-3,12H/b10-7-. The molecule has 0 radical (unpaired) electrons. The molecule has 0 spiro atoms. The van der Waals surface area contributed by atoms with Crippen molar-refractivity contribution in [2.45, 2.75) is 0 Å². The Labute approximate surface area is 88.7 Å². The molecule has 1 N–H and O–H groups in total. The van der Waals surface area contributed by atoms with Gasteiger partial charge in [-0.3, -0.25) is 10.1 Å². The van der Waals surface area contributed by atoms with Gasteiger partial charge < -0.3 is 5.21 Å². The molecule has 1 aromatic rings. The van der Waals surface area contributed by atoms with Crippen molar-refractivity contribution in [1.82, 2.24) is 0 Å². The second kappa shape index (κ2) is 4.26. The van der Waals surface area contributed by atoms with Gasteiger partial charge in [-0.1, -0.05) is 28.4 Å². The molecular weight excluding hydrogens is 231 g/mol. The molecule has 0 amide bonds. The predicted molar refractivity (Wildman–Crippen MR) is 52.3 cm³/mol. The van der Waals surface area contributed by atoms with E-state index in [1.54, 1.807) is 0 Å². The zero-order valence-electron chi connectivity index (χ0n) is 6.65. The SMILES string of the molecule is O=[N+]([O-])c1ccc(Cl)cc1/C(Cl)=N/O. The van der Waals surface area contributed by atoms with E-state index >= 15 is 0 Å². The Morgan fingerprint density at radius 2 is 2.21 bits per heavy atom. The number of rotatable bonds is 2. The number of nitro groups is 1. The average molecular weight is 235 g/mol. The van der Waals surface area contributed by atoms with Crippen LogP contribution in [0.15, 0.2) is 23.4 Å². The van der Waals surface area contributed by atoms with Gasteiger partial charge in [-0.05, 0) is 12.1 Å². The number of nitrogens with zero attached hydrogens (tertiary/aromatic N) is 2. The highest BCUT2D eigenvalue weighted by molar-refractivity contribution is 6.70. The van der Waals surface area contributed by atoms with Crippen molar-refractivity contribution in [1.29, 1.82) is 0 Å². The van der Waals surface area contributed by atoms with Crippen LogP contribution in [0.2, 0.25) is 5.02 Å². The zero-order chi connectivity index (χ0) is 10.7. The van der Waals surface area contributed by atoms with Gasteiger partial charge in [-0.15, -0.1) is 0 Å². The van der Waals surface area contributed by atoms with Crippen LogP contribution in [0.1, 0.15) is 5.56 Å². The highest BCUT2D eigenvalue weighted by atomic mass is 35.5. The van der Waals surface area contributed by atoms with Gasteiger partial charge >= 0.3 is 0 Å². The fourth-order valence-corrected chi connectivity index (χ4v) is 1.21. The molecule has 7 heteroatoms. The summed E-state index contributed by atoms with van der Waals surface area (Å²) in [6, 6.07) is 3.79. The smallest absolute Gasteiger partial charge is 0.279 e. The molecule has 0 aromatic heterocycles. The predicted octanol–water partition coefficient (Wildman–Crippen LogP) is 2.62. The van der Waals surface area contributed by atoms with E-state index in [9.17, 15) is 10.1 Å². The molecule has 0 unspecified atom stereocenters. The molecule has 0 saturated heterocycles. The molecule has 5 nitrogen and oxygen atoms in total. The molecule has 1 rings (SSSR count). The average Bonchev–Trinajstić information content (AvgIpc) is 2.16. The second-order valence-corrected chi connectivity index (χ2v) is 3.10. The molecule has 0 atom stereocenters. The minimum atomic E-state index is -0.640. The van der Waals surface area contributed by atoms with Gasteiger partial charge in [0.05, 0.1) is 10.5 Å². The molecule has 0 heterocycles. The minimum absolute atomic E-state index is 0.0216. The van der Waals surface area contributed by atoms with Gasteiger partial charge in [0.25, 0.3) is 5.69 Å². The lowest BCUT2D eigenvalue weighted by Gasteiger charge is -1.99. The number of benzene rings is 1. The summed E-state index contributed by atoms with van der Waals surface area (Å²) in [7, 11) is 0. The van der Waals surface area contributed by atoms with E-state index in [0.717, 1.165) is 0 Å². The normalized spacial score (nSPS) is 11.4. The van der Waals surface area contributed by atoms with E-state index in [0.29, 0.717) is 0 Å². The number of oxime groups is 1. The van der Waals surface area contributed by atoms with Crippen molar-refractivity contribution in [2.75, 3.05) is 0 Å². The Kier molecular flexibility index (Phi) is 3.27. The zero-order valence-corrected chi connectivity index (χ0v) is 8.16. The van der Waals surface area contributed by atoms with E-state index in [2.05, 4.69) is 5.16 Å². The Morgan fingerprint density at radius 3 is 2.71 bits per heavy atom. The van der Waals surface area contributed by atoms with Crippen LogP contribution in [0.4, 0.5) is 5.69 Å². The number of halogens is 2. The molecule has 0 aliphatic carbocycles. The maximum absolute atomic E-state index is 10.5. The minimum Gasteiger partial charge on any atom is -0.410 e. The fraction of sp³-hybridized carbons (Fsp3) is 0. The summed E-state index contributed by atoms with van der Waals surface area (Å²) in [5, 5.41) is 21.5. The first-order valence-corrected chi connectivity index (χ1v) is 4.13. The van der Waals surface area contributed by atoms with Crippen molar-refractivity contribution in [3.8, 4) is 0 Å². The van der Waals surface area contributed by atoms with Crippen LogP contribution in [0.3, 0.4) is 0 Å². The summed E-state index contributed by atoms with van der Waals surface area (Å²) < 4.78 is 0. The van der Waals surface area contributed by atoms with E-state index < -0.39 is 4.92 Å². The Balaban J connectivity index is 3.37.